The number of hydrogen-bond acceptors (Lipinski definition) is 5. The Kier molecular flexibility index (Phi) is 4.74. The third-order valence-corrected chi connectivity index (χ3v) is 2.86. The predicted molar refractivity (Wildman–Crippen MR) is 73.9 cm³/mol. The number of ether oxygens (including phenoxy) is 2. The molecule has 1 heterocycles. The van der Waals surface area contributed by atoms with Crippen molar-refractivity contribution in [3.8, 4) is 17.0 Å². The molecule has 2 rings (SSSR count). The number of carbonyl (C=O) groups excluding carboxylic acids is 1. The molecule has 0 aliphatic heterocycles. The average Bonchev–Trinajstić information content (AvgIpc) is 2.92. The normalized spacial score (nSPS) is 10.5. The third kappa shape index (κ3) is 3.13. The molecule has 0 saturated heterocycles. The number of benzene rings is 1. The summed E-state index contributed by atoms with van der Waals surface area (Å²) in [6.45, 7) is 3.88. The summed E-state index contributed by atoms with van der Waals surface area (Å²) >= 11 is 5.98. The van der Waals surface area contributed by atoms with Crippen LogP contribution in [-0.4, -0.2) is 34.6 Å². The zero-order valence-corrected chi connectivity index (χ0v) is 12.2. The molecular weight excluding hydrogens is 301 g/mol. The fraction of sp³-hybridized carbons (Fsp3) is 0.308. The van der Waals surface area contributed by atoms with Gasteiger partial charge < -0.3 is 9.47 Å². The van der Waals surface area contributed by atoms with Gasteiger partial charge in [-0.3, -0.25) is 0 Å². The second-order valence-electron chi connectivity index (χ2n) is 3.94. The van der Waals surface area contributed by atoms with Gasteiger partial charge in [0, 0.05) is 5.56 Å². The summed E-state index contributed by atoms with van der Waals surface area (Å²) in [5, 5.41) is 9.97. The molecule has 0 spiro atoms. The lowest BCUT2D eigenvalue weighted by Crippen LogP contribution is -2.07. The summed E-state index contributed by atoms with van der Waals surface area (Å²) < 4.78 is 24.0. The van der Waals surface area contributed by atoms with Gasteiger partial charge in [-0.1, -0.05) is 11.6 Å². The Morgan fingerprint density at radius 3 is 2.71 bits per heavy atom. The van der Waals surface area contributed by atoms with Crippen molar-refractivity contribution in [3.05, 3.63) is 28.7 Å². The van der Waals surface area contributed by atoms with Crippen molar-refractivity contribution in [1.82, 2.24) is 15.4 Å². The summed E-state index contributed by atoms with van der Waals surface area (Å²) in [7, 11) is 0. The molecule has 2 aromatic rings. The summed E-state index contributed by atoms with van der Waals surface area (Å²) in [5.74, 6) is -1.33. The van der Waals surface area contributed by atoms with Crippen LogP contribution < -0.4 is 4.74 Å². The van der Waals surface area contributed by atoms with Crippen molar-refractivity contribution >= 4 is 17.6 Å². The maximum absolute atomic E-state index is 14.0. The van der Waals surface area contributed by atoms with Gasteiger partial charge in [-0.2, -0.15) is 10.3 Å². The smallest absolute Gasteiger partial charge is 0.361 e. The van der Waals surface area contributed by atoms with Gasteiger partial charge in [0.25, 0.3) is 0 Å². The Balaban J connectivity index is 2.44. The minimum absolute atomic E-state index is 0.0310. The van der Waals surface area contributed by atoms with E-state index in [-0.39, 0.29) is 35.4 Å². The topological polar surface area (TPSA) is 77.1 Å². The molecule has 112 valence electrons. The number of esters is 1. The van der Waals surface area contributed by atoms with E-state index in [1.165, 1.54) is 12.1 Å². The molecular formula is C13H13ClFN3O3. The van der Waals surface area contributed by atoms with E-state index in [1.54, 1.807) is 13.8 Å². The van der Waals surface area contributed by atoms with E-state index >= 15 is 0 Å². The van der Waals surface area contributed by atoms with Gasteiger partial charge in [0.1, 0.15) is 5.69 Å². The first kappa shape index (κ1) is 15.2. The van der Waals surface area contributed by atoms with Crippen LogP contribution in [0.4, 0.5) is 4.39 Å². The standard InChI is InChI=1S/C13H13ClFN3O3/c1-3-20-12-8(14)5-7(6-9(12)15)10-11(17-18-16-10)13(19)21-4-2/h5-6H,3-4H2,1-2H3,(H,16,17,18). The van der Waals surface area contributed by atoms with Crippen molar-refractivity contribution in [2.24, 2.45) is 0 Å². The first-order chi connectivity index (χ1) is 10.1. The molecule has 0 fully saturated rings. The van der Waals surface area contributed by atoms with E-state index in [2.05, 4.69) is 15.4 Å². The predicted octanol–water partition coefficient (Wildman–Crippen LogP) is 2.84. The molecule has 6 nitrogen and oxygen atoms in total. The molecule has 21 heavy (non-hydrogen) atoms. The molecule has 1 N–H and O–H groups in total. The maximum atomic E-state index is 14.0. The van der Waals surface area contributed by atoms with Crippen molar-refractivity contribution in [2.75, 3.05) is 13.2 Å². The summed E-state index contributed by atoms with van der Waals surface area (Å²) in [6, 6.07) is 2.63. The molecule has 0 aliphatic rings. The highest BCUT2D eigenvalue weighted by atomic mass is 35.5. The van der Waals surface area contributed by atoms with E-state index in [4.69, 9.17) is 21.1 Å². The number of nitrogens with zero attached hydrogens (tertiary/aromatic N) is 2. The number of halogens is 2. The van der Waals surface area contributed by atoms with E-state index in [9.17, 15) is 9.18 Å². The molecule has 1 aromatic heterocycles. The van der Waals surface area contributed by atoms with Gasteiger partial charge in [-0.15, -0.1) is 5.10 Å². The molecule has 0 radical (unpaired) electrons. The Morgan fingerprint density at radius 2 is 2.10 bits per heavy atom. The van der Waals surface area contributed by atoms with Crippen LogP contribution in [0.1, 0.15) is 24.3 Å². The van der Waals surface area contributed by atoms with Crippen molar-refractivity contribution in [3.63, 3.8) is 0 Å². The van der Waals surface area contributed by atoms with Crippen LogP contribution in [0.25, 0.3) is 11.3 Å². The van der Waals surface area contributed by atoms with Gasteiger partial charge in [0.15, 0.2) is 17.3 Å². The maximum Gasteiger partial charge on any atom is 0.361 e. The van der Waals surface area contributed by atoms with Crippen LogP contribution in [0.3, 0.4) is 0 Å². The van der Waals surface area contributed by atoms with Crippen LogP contribution >= 0.6 is 11.6 Å². The molecule has 0 amide bonds. The molecule has 0 saturated carbocycles. The highest BCUT2D eigenvalue weighted by Gasteiger charge is 2.21. The summed E-state index contributed by atoms with van der Waals surface area (Å²) in [5.41, 5.74) is 0.437. The number of H-pyrrole nitrogens is 1. The van der Waals surface area contributed by atoms with E-state index < -0.39 is 11.8 Å². The SMILES string of the molecule is CCOC(=O)c1n[nH]nc1-c1cc(F)c(OCC)c(Cl)c1. The third-order valence-electron chi connectivity index (χ3n) is 2.58. The molecule has 0 aliphatic carbocycles. The van der Waals surface area contributed by atoms with Crippen molar-refractivity contribution in [1.29, 1.82) is 0 Å². The number of hydrogen-bond donors (Lipinski definition) is 1. The Bertz CT molecular complexity index is 637. The lowest BCUT2D eigenvalue weighted by Gasteiger charge is -2.08. The number of aromatic amines is 1. The van der Waals surface area contributed by atoms with Gasteiger partial charge in [-0.25, -0.2) is 9.18 Å². The molecule has 1 aromatic carbocycles. The molecule has 0 bridgehead atoms. The lowest BCUT2D eigenvalue weighted by atomic mass is 10.1. The Labute approximate surface area is 125 Å². The van der Waals surface area contributed by atoms with Crippen molar-refractivity contribution < 1.29 is 18.7 Å². The number of aromatic nitrogens is 3. The van der Waals surface area contributed by atoms with Gasteiger partial charge in [-0.05, 0) is 26.0 Å². The summed E-state index contributed by atoms with van der Waals surface area (Å²) in [4.78, 5) is 11.7. The number of carbonyl (C=O) groups is 1. The van der Waals surface area contributed by atoms with Crippen LogP contribution in [-0.2, 0) is 4.74 Å². The van der Waals surface area contributed by atoms with Crippen LogP contribution in [0.15, 0.2) is 12.1 Å². The van der Waals surface area contributed by atoms with Gasteiger partial charge in [0.05, 0.1) is 18.2 Å². The minimum atomic E-state index is -0.647. The van der Waals surface area contributed by atoms with Crippen LogP contribution in [0.5, 0.6) is 5.75 Å². The van der Waals surface area contributed by atoms with Crippen molar-refractivity contribution in [2.45, 2.75) is 13.8 Å². The number of nitrogens with one attached hydrogen (secondary N) is 1. The largest absolute Gasteiger partial charge is 0.489 e. The van der Waals surface area contributed by atoms with E-state index in [1.807, 2.05) is 0 Å². The minimum Gasteiger partial charge on any atom is -0.489 e. The highest BCUT2D eigenvalue weighted by molar-refractivity contribution is 6.32. The molecule has 8 heteroatoms. The fourth-order valence-corrected chi connectivity index (χ4v) is 2.02. The van der Waals surface area contributed by atoms with Gasteiger partial charge >= 0.3 is 5.97 Å². The summed E-state index contributed by atoms with van der Waals surface area (Å²) in [6.07, 6.45) is 0. The quantitative estimate of drug-likeness (QED) is 0.859. The number of rotatable bonds is 5. The molecule has 0 atom stereocenters. The average molecular weight is 314 g/mol. The second kappa shape index (κ2) is 6.53. The zero-order chi connectivity index (χ0) is 15.4. The van der Waals surface area contributed by atoms with Gasteiger partial charge in [0.2, 0.25) is 0 Å². The van der Waals surface area contributed by atoms with E-state index in [0.29, 0.717) is 5.56 Å². The van der Waals surface area contributed by atoms with Crippen LogP contribution in [0.2, 0.25) is 5.02 Å². The lowest BCUT2D eigenvalue weighted by molar-refractivity contribution is 0.0520. The zero-order valence-electron chi connectivity index (χ0n) is 11.4. The first-order valence-electron chi connectivity index (χ1n) is 6.28. The fourth-order valence-electron chi connectivity index (χ4n) is 1.75. The second-order valence-corrected chi connectivity index (χ2v) is 4.35. The highest BCUT2D eigenvalue weighted by Crippen LogP contribution is 2.33. The Hall–Kier alpha value is -2.15. The first-order valence-corrected chi connectivity index (χ1v) is 6.66. The monoisotopic (exact) mass is 313 g/mol. The van der Waals surface area contributed by atoms with E-state index in [0.717, 1.165) is 0 Å². The molecule has 0 unspecified atom stereocenters. The van der Waals surface area contributed by atoms with Crippen LogP contribution in [0, 0.1) is 5.82 Å². The Morgan fingerprint density at radius 1 is 1.33 bits per heavy atom.